The number of carbonyl (C=O) groups is 4. The Balaban J connectivity index is 0.757. The van der Waals surface area contributed by atoms with Crippen LogP contribution >= 0.6 is 11.6 Å². The number of fused-ring (bicyclic) bond motifs is 1. The predicted octanol–water partition coefficient (Wildman–Crippen LogP) is 6.44. The molecule has 4 aromatic rings. The van der Waals surface area contributed by atoms with Crippen molar-refractivity contribution in [3.8, 4) is 17.6 Å². The first-order valence-corrected chi connectivity index (χ1v) is 20.7. The van der Waals surface area contributed by atoms with Gasteiger partial charge in [-0.1, -0.05) is 23.7 Å². The summed E-state index contributed by atoms with van der Waals surface area (Å²) in [6, 6.07) is 22.4. The first-order valence-electron chi connectivity index (χ1n) is 20.4. The molecule has 8 rings (SSSR count). The molecule has 0 bridgehead atoms. The van der Waals surface area contributed by atoms with Gasteiger partial charge in [-0.2, -0.15) is 5.26 Å². The molecule has 0 atom stereocenters. The Morgan fingerprint density at radius 2 is 1.55 bits per heavy atom. The van der Waals surface area contributed by atoms with Crippen LogP contribution in [0.2, 0.25) is 5.02 Å². The van der Waals surface area contributed by atoms with Crippen LogP contribution in [0.5, 0.6) is 11.5 Å². The maximum Gasteiger partial charge on any atom is 0.328 e. The van der Waals surface area contributed by atoms with Gasteiger partial charge in [-0.25, -0.2) is 4.79 Å². The number of anilines is 1. The number of hydrogen-bond donors (Lipinski definition) is 2. The van der Waals surface area contributed by atoms with Gasteiger partial charge in [0, 0.05) is 87.3 Å². The van der Waals surface area contributed by atoms with Crippen molar-refractivity contribution in [3.05, 3.63) is 89.1 Å². The van der Waals surface area contributed by atoms with Crippen LogP contribution in [0.1, 0.15) is 79.8 Å². The average Bonchev–Trinajstić information content (AvgIpc) is 3.67. The summed E-state index contributed by atoms with van der Waals surface area (Å²) in [6.45, 7) is 3.66. The second-order valence-electron chi connectivity index (χ2n) is 15.7. The number of carbonyl (C=O) groups excluding carboxylic acids is 4. The molecule has 5 amide bonds. The van der Waals surface area contributed by atoms with Crippen LogP contribution in [0.4, 0.5) is 10.5 Å². The highest BCUT2D eigenvalue weighted by molar-refractivity contribution is 6.31. The molecule has 0 radical (unpaired) electrons. The Hall–Kier alpha value is -5.58. The van der Waals surface area contributed by atoms with E-state index in [1.807, 2.05) is 29.2 Å². The summed E-state index contributed by atoms with van der Waals surface area (Å²) < 4.78 is 14.7. The van der Waals surface area contributed by atoms with E-state index in [0.717, 1.165) is 81.0 Å². The van der Waals surface area contributed by atoms with Gasteiger partial charge in [0.05, 0.1) is 34.4 Å². The smallest absolute Gasteiger partial charge is 0.328 e. The summed E-state index contributed by atoms with van der Waals surface area (Å²) in [7, 11) is 0. The Kier molecular flexibility index (Phi) is 11.8. The molecule has 2 N–H and O–H groups in total. The molecule has 1 aromatic heterocycles. The fraction of sp³-hybridized carbons (Fsp3) is 0.432. The van der Waals surface area contributed by atoms with E-state index in [2.05, 4.69) is 44.5 Å². The molecule has 1 aliphatic carbocycles. The summed E-state index contributed by atoms with van der Waals surface area (Å²) in [4.78, 5) is 56.7. The third-order valence-electron chi connectivity index (χ3n) is 12.0. The highest BCUT2D eigenvalue weighted by Gasteiger charge is 2.30. The molecule has 3 aliphatic heterocycles. The van der Waals surface area contributed by atoms with Crippen molar-refractivity contribution >= 4 is 51.9 Å². The molecule has 4 fully saturated rings. The number of benzene rings is 3. The average molecular weight is 806 g/mol. The van der Waals surface area contributed by atoms with E-state index in [0.29, 0.717) is 53.8 Å². The zero-order valence-corrected chi connectivity index (χ0v) is 33.2. The maximum atomic E-state index is 13.4. The standard InChI is InChI=1S/C44H48ClN7O6/c45-38-26-36(10-7-30(38)27-46)57-33-11-8-31(9-12-33)47-43(55)29-3-1-4-35(25-29)58-34-15-21-50(22-16-34)42(54)28-49-19-13-32(14-20-49)51-23-17-37-39(51)5-2-6-40(37)52-24-18-41(53)48-44(52)56/h1-7,10,17,23,25-26,31-34H,8-9,11-16,18-22,24,28H2,(H,47,55)(H,48,53,56). The van der Waals surface area contributed by atoms with Gasteiger partial charge >= 0.3 is 6.03 Å². The van der Waals surface area contributed by atoms with E-state index in [1.165, 1.54) is 0 Å². The number of aromatic nitrogens is 1. The lowest BCUT2D eigenvalue weighted by Crippen LogP contribution is -2.49. The van der Waals surface area contributed by atoms with Crippen molar-refractivity contribution in [1.82, 2.24) is 25.0 Å². The van der Waals surface area contributed by atoms with Crippen LogP contribution in [0.3, 0.4) is 0 Å². The minimum Gasteiger partial charge on any atom is -0.490 e. The number of imide groups is 1. The monoisotopic (exact) mass is 805 g/mol. The van der Waals surface area contributed by atoms with Crippen molar-refractivity contribution in [2.24, 2.45) is 0 Å². The normalized spacial score (nSPS) is 21.0. The SMILES string of the molecule is N#Cc1ccc(OC2CCC(NC(=O)c3cccc(OC4CCN(C(=O)CN5CCC(n6ccc7c(N8CCC(=O)NC8=O)cccc76)CC5)CC4)c3)CC2)cc1Cl. The van der Waals surface area contributed by atoms with E-state index >= 15 is 0 Å². The molecule has 0 spiro atoms. The van der Waals surface area contributed by atoms with Crippen molar-refractivity contribution in [1.29, 1.82) is 5.26 Å². The molecular weight excluding hydrogens is 758 g/mol. The van der Waals surface area contributed by atoms with Gasteiger partial charge < -0.3 is 24.3 Å². The minimum atomic E-state index is -0.384. The first-order chi connectivity index (χ1) is 28.2. The van der Waals surface area contributed by atoms with Crippen molar-refractivity contribution in [2.75, 3.05) is 44.2 Å². The second-order valence-corrected chi connectivity index (χ2v) is 16.1. The number of halogens is 1. The number of hydrogen-bond acceptors (Lipinski definition) is 8. The minimum absolute atomic E-state index is 0.0236. The fourth-order valence-electron chi connectivity index (χ4n) is 8.74. The van der Waals surface area contributed by atoms with Gasteiger partial charge in [-0.3, -0.25) is 29.5 Å². The second kappa shape index (κ2) is 17.5. The molecule has 3 saturated heterocycles. The summed E-state index contributed by atoms with van der Waals surface area (Å²) in [6.07, 6.45) is 8.83. The summed E-state index contributed by atoms with van der Waals surface area (Å²) in [5.41, 5.74) is 2.84. The van der Waals surface area contributed by atoms with E-state index in [-0.39, 0.29) is 54.5 Å². The van der Waals surface area contributed by atoms with Crippen molar-refractivity contribution in [3.63, 3.8) is 0 Å². The van der Waals surface area contributed by atoms with E-state index in [4.69, 9.17) is 26.3 Å². The third-order valence-corrected chi connectivity index (χ3v) is 12.3. The Morgan fingerprint density at radius 1 is 0.828 bits per heavy atom. The number of rotatable bonds is 10. The number of nitrogens with zero attached hydrogens (tertiary/aromatic N) is 5. The van der Waals surface area contributed by atoms with Crippen LogP contribution in [-0.2, 0) is 9.59 Å². The fourth-order valence-corrected chi connectivity index (χ4v) is 8.95. The maximum absolute atomic E-state index is 13.4. The topological polar surface area (TPSA) is 149 Å². The highest BCUT2D eigenvalue weighted by Crippen LogP contribution is 2.34. The van der Waals surface area contributed by atoms with Crippen LogP contribution in [0, 0.1) is 11.3 Å². The van der Waals surface area contributed by atoms with Crippen molar-refractivity contribution in [2.45, 2.75) is 82.1 Å². The molecule has 4 aliphatic rings. The van der Waals surface area contributed by atoms with E-state index in [9.17, 15) is 19.2 Å². The third kappa shape index (κ3) is 8.93. The van der Waals surface area contributed by atoms with Gasteiger partial charge in [0.25, 0.3) is 5.91 Å². The van der Waals surface area contributed by atoms with Gasteiger partial charge in [0.15, 0.2) is 0 Å². The van der Waals surface area contributed by atoms with Crippen LogP contribution in [0.15, 0.2) is 72.9 Å². The molecule has 58 heavy (non-hydrogen) atoms. The number of nitrogens with one attached hydrogen (secondary N) is 2. The van der Waals surface area contributed by atoms with Gasteiger partial charge in [-0.05, 0) is 87.1 Å². The lowest BCUT2D eigenvalue weighted by Gasteiger charge is -2.36. The Labute approximate surface area is 342 Å². The molecule has 302 valence electrons. The number of amides is 5. The largest absolute Gasteiger partial charge is 0.490 e. The number of urea groups is 1. The number of piperidine rings is 2. The van der Waals surface area contributed by atoms with Crippen LogP contribution < -0.4 is 25.0 Å². The zero-order chi connectivity index (χ0) is 40.2. The lowest BCUT2D eigenvalue weighted by molar-refractivity contribution is -0.134. The molecule has 13 nitrogen and oxygen atoms in total. The lowest BCUT2D eigenvalue weighted by atomic mass is 9.92. The zero-order valence-electron chi connectivity index (χ0n) is 32.4. The summed E-state index contributed by atoms with van der Waals surface area (Å²) >= 11 is 6.16. The van der Waals surface area contributed by atoms with Crippen LogP contribution in [-0.4, -0.2) is 95.6 Å². The van der Waals surface area contributed by atoms with Gasteiger partial charge in [-0.15, -0.1) is 0 Å². The first kappa shape index (κ1) is 39.3. The van der Waals surface area contributed by atoms with Gasteiger partial charge in [0.1, 0.15) is 23.7 Å². The molecule has 0 unspecified atom stereocenters. The molecule has 4 heterocycles. The highest BCUT2D eigenvalue weighted by atomic mass is 35.5. The quantitative estimate of drug-likeness (QED) is 0.186. The Bertz CT molecular complexity index is 2210. The number of likely N-dealkylation sites (tertiary alicyclic amines) is 2. The summed E-state index contributed by atoms with van der Waals surface area (Å²) in [5, 5.41) is 16.1. The van der Waals surface area contributed by atoms with Crippen LogP contribution in [0.25, 0.3) is 10.9 Å². The molecule has 14 heteroatoms. The van der Waals surface area contributed by atoms with E-state index in [1.54, 1.807) is 35.2 Å². The predicted molar refractivity (Wildman–Crippen MR) is 219 cm³/mol. The van der Waals surface area contributed by atoms with E-state index < -0.39 is 0 Å². The van der Waals surface area contributed by atoms with Gasteiger partial charge in [0.2, 0.25) is 11.8 Å². The summed E-state index contributed by atoms with van der Waals surface area (Å²) in [5.74, 6) is 1.06. The number of ether oxygens (including phenoxy) is 2. The molecule has 1 saturated carbocycles. The van der Waals surface area contributed by atoms with Crippen molar-refractivity contribution < 1.29 is 28.7 Å². The number of nitriles is 1. The molecular formula is C44H48ClN7O6. The Morgan fingerprint density at radius 3 is 2.28 bits per heavy atom. The molecule has 3 aromatic carbocycles.